The molecule has 34 heavy (non-hydrogen) atoms. The van der Waals surface area contributed by atoms with Crippen LogP contribution < -0.4 is 10.7 Å². The maximum Gasteiger partial charge on any atom is 0.345 e. The summed E-state index contributed by atoms with van der Waals surface area (Å²) in [5.74, 6) is -0.921. The number of halogens is 2. The van der Waals surface area contributed by atoms with Crippen molar-refractivity contribution in [3.05, 3.63) is 93.7 Å². The summed E-state index contributed by atoms with van der Waals surface area (Å²) in [6.07, 6.45) is 1.22. The van der Waals surface area contributed by atoms with Gasteiger partial charge in [-0.15, -0.1) is 0 Å². The molecule has 1 heterocycles. The molecule has 172 valence electrons. The zero-order valence-electron chi connectivity index (χ0n) is 18.0. The van der Waals surface area contributed by atoms with E-state index in [0.29, 0.717) is 16.3 Å². The van der Waals surface area contributed by atoms with Crippen LogP contribution >= 0.6 is 23.2 Å². The van der Waals surface area contributed by atoms with Crippen molar-refractivity contribution in [3.63, 3.8) is 0 Å². The molecule has 4 rings (SSSR count). The van der Waals surface area contributed by atoms with Gasteiger partial charge >= 0.3 is 5.97 Å². The third-order valence-electron chi connectivity index (χ3n) is 4.82. The highest BCUT2D eigenvalue weighted by Crippen LogP contribution is 2.34. The van der Waals surface area contributed by atoms with Gasteiger partial charge in [0.2, 0.25) is 5.88 Å². The molecular formula is C25H19Cl2N3O4. The fraction of sp³-hybridized carbons (Fsp3) is 0.0800. The summed E-state index contributed by atoms with van der Waals surface area (Å²) in [5, 5.41) is 9.44. The topological polar surface area (TPSA) is 92.9 Å². The zero-order chi connectivity index (χ0) is 24.1. The Bertz CT molecular complexity index is 1380. The van der Waals surface area contributed by atoms with Crippen molar-refractivity contribution < 1.29 is 18.7 Å². The lowest BCUT2D eigenvalue weighted by Crippen LogP contribution is -2.17. The molecule has 0 saturated carbocycles. The maximum absolute atomic E-state index is 12.5. The standard InChI is InChI=1S/C25H19Cl2N3O4/c1-2-33-25(32)21-22(27)20(34-24(21)29-19-11-9-18(26)10-12-19)14-28-30-23(31)17-8-7-15-5-3-4-6-16(15)13-17/h3-14,29H,2H2,1H3,(H,30,31)/b28-14-. The fourth-order valence-electron chi connectivity index (χ4n) is 3.19. The number of hydrogen-bond acceptors (Lipinski definition) is 6. The number of amides is 1. The summed E-state index contributed by atoms with van der Waals surface area (Å²) >= 11 is 12.3. The van der Waals surface area contributed by atoms with Gasteiger partial charge in [-0.05, 0) is 54.1 Å². The van der Waals surface area contributed by atoms with E-state index in [1.54, 1.807) is 43.3 Å². The number of fused-ring (bicyclic) bond motifs is 1. The minimum Gasteiger partial charge on any atom is -0.462 e. The molecule has 9 heteroatoms. The van der Waals surface area contributed by atoms with E-state index in [4.69, 9.17) is 32.4 Å². The minimum absolute atomic E-state index is 0.00128. The van der Waals surface area contributed by atoms with Crippen LogP contribution in [0.4, 0.5) is 11.6 Å². The van der Waals surface area contributed by atoms with Crippen molar-refractivity contribution >= 4 is 63.6 Å². The van der Waals surface area contributed by atoms with Gasteiger partial charge in [-0.25, -0.2) is 10.2 Å². The molecule has 0 bridgehead atoms. The SMILES string of the molecule is CCOC(=O)c1c(Nc2ccc(Cl)cc2)oc(/C=N\NC(=O)c2ccc3ccccc3c2)c1Cl. The van der Waals surface area contributed by atoms with Crippen molar-refractivity contribution in [1.82, 2.24) is 5.43 Å². The summed E-state index contributed by atoms with van der Waals surface area (Å²) in [4.78, 5) is 25.0. The number of furan rings is 1. The average molecular weight is 496 g/mol. The Morgan fingerprint density at radius 3 is 2.50 bits per heavy atom. The number of hydrazone groups is 1. The van der Waals surface area contributed by atoms with Gasteiger partial charge in [-0.3, -0.25) is 4.79 Å². The van der Waals surface area contributed by atoms with E-state index in [2.05, 4.69) is 15.8 Å². The van der Waals surface area contributed by atoms with Crippen molar-refractivity contribution in [1.29, 1.82) is 0 Å². The van der Waals surface area contributed by atoms with Gasteiger partial charge in [0.1, 0.15) is 10.6 Å². The number of esters is 1. The Kier molecular flexibility index (Phi) is 7.15. The number of nitrogens with one attached hydrogen (secondary N) is 2. The van der Waals surface area contributed by atoms with Crippen LogP contribution in [0.3, 0.4) is 0 Å². The normalized spacial score (nSPS) is 11.0. The second kappa shape index (κ2) is 10.4. The summed E-state index contributed by atoms with van der Waals surface area (Å²) in [6, 6.07) is 19.8. The zero-order valence-corrected chi connectivity index (χ0v) is 19.5. The molecule has 0 aliphatic carbocycles. The number of hydrogen-bond donors (Lipinski definition) is 2. The van der Waals surface area contributed by atoms with Crippen LogP contribution in [0.5, 0.6) is 0 Å². The van der Waals surface area contributed by atoms with Crippen LogP contribution in [-0.2, 0) is 4.74 Å². The van der Waals surface area contributed by atoms with E-state index >= 15 is 0 Å². The number of rotatable bonds is 7. The summed E-state index contributed by atoms with van der Waals surface area (Å²) in [7, 11) is 0. The second-order valence-electron chi connectivity index (χ2n) is 7.10. The Labute approximate surface area is 205 Å². The van der Waals surface area contributed by atoms with Crippen LogP contribution in [0.1, 0.15) is 33.4 Å². The number of benzene rings is 3. The highest BCUT2D eigenvalue weighted by atomic mass is 35.5. The van der Waals surface area contributed by atoms with E-state index in [1.807, 2.05) is 30.3 Å². The third kappa shape index (κ3) is 5.22. The molecule has 2 N–H and O–H groups in total. The number of ether oxygens (including phenoxy) is 1. The molecule has 4 aromatic rings. The molecule has 0 radical (unpaired) electrons. The van der Waals surface area contributed by atoms with Gasteiger partial charge in [0.15, 0.2) is 5.76 Å². The molecule has 0 aliphatic rings. The third-order valence-corrected chi connectivity index (χ3v) is 5.44. The number of carbonyl (C=O) groups excluding carboxylic acids is 2. The maximum atomic E-state index is 12.5. The van der Waals surface area contributed by atoms with Crippen LogP contribution in [-0.4, -0.2) is 24.7 Å². The van der Waals surface area contributed by atoms with Crippen LogP contribution in [0.2, 0.25) is 10.0 Å². The predicted molar refractivity (Wildman–Crippen MR) is 133 cm³/mol. The molecule has 7 nitrogen and oxygen atoms in total. The molecule has 0 fully saturated rings. The first-order chi connectivity index (χ1) is 16.5. The lowest BCUT2D eigenvalue weighted by atomic mass is 10.1. The Balaban J connectivity index is 1.55. The molecule has 0 saturated heterocycles. The van der Waals surface area contributed by atoms with E-state index in [-0.39, 0.29) is 28.8 Å². The van der Waals surface area contributed by atoms with Crippen molar-refractivity contribution in [2.24, 2.45) is 5.10 Å². The average Bonchev–Trinajstić information content (AvgIpc) is 3.15. The highest BCUT2D eigenvalue weighted by Gasteiger charge is 2.25. The van der Waals surface area contributed by atoms with Crippen molar-refractivity contribution in [2.45, 2.75) is 6.92 Å². The Morgan fingerprint density at radius 2 is 1.76 bits per heavy atom. The van der Waals surface area contributed by atoms with Crippen LogP contribution in [0, 0.1) is 0 Å². The van der Waals surface area contributed by atoms with Gasteiger partial charge in [0.25, 0.3) is 5.91 Å². The molecule has 1 aromatic heterocycles. The number of nitrogens with zero attached hydrogens (tertiary/aromatic N) is 1. The first-order valence-electron chi connectivity index (χ1n) is 10.3. The lowest BCUT2D eigenvalue weighted by molar-refractivity contribution is 0.0527. The fourth-order valence-corrected chi connectivity index (χ4v) is 3.57. The second-order valence-corrected chi connectivity index (χ2v) is 7.91. The number of anilines is 2. The summed E-state index contributed by atoms with van der Waals surface area (Å²) in [6.45, 7) is 1.84. The van der Waals surface area contributed by atoms with E-state index in [1.165, 1.54) is 6.21 Å². The van der Waals surface area contributed by atoms with Gasteiger partial charge < -0.3 is 14.5 Å². The first-order valence-corrected chi connectivity index (χ1v) is 11.1. The summed E-state index contributed by atoms with van der Waals surface area (Å²) in [5.41, 5.74) is 3.52. The summed E-state index contributed by atoms with van der Waals surface area (Å²) < 4.78 is 10.8. The molecule has 3 aromatic carbocycles. The molecule has 0 unspecified atom stereocenters. The van der Waals surface area contributed by atoms with Gasteiger partial charge in [0.05, 0.1) is 12.8 Å². The molecular weight excluding hydrogens is 477 g/mol. The monoisotopic (exact) mass is 495 g/mol. The van der Waals surface area contributed by atoms with E-state index in [0.717, 1.165) is 10.8 Å². The van der Waals surface area contributed by atoms with E-state index in [9.17, 15) is 9.59 Å². The van der Waals surface area contributed by atoms with Crippen molar-refractivity contribution in [2.75, 3.05) is 11.9 Å². The Morgan fingerprint density at radius 1 is 1.03 bits per heavy atom. The smallest absolute Gasteiger partial charge is 0.345 e. The van der Waals surface area contributed by atoms with Crippen molar-refractivity contribution in [3.8, 4) is 0 Å². The molecule has 0 atom stereocenters. The highest BCUT2D eigenvalue weighted by molar-refractivity contribution is 6.36. The van der Waals surface area contributed by atoms with Crippen LogP contribution in [0.15, 0.2) is 76.2 Å². The largest absolute Gasteiger partial charge is 0.462 e. The minimum atomic E-state index is -0.660. The quantitative estimate of drug-likeness (QED) is 0.175. The first kappa shape index (κ1) is 23.4. The van der Waals surface area contributed by atoms with Crippen LogP contribution in [0.25, 0.3) is 10.8 Å². The Hall–Kier alpha value is -3.81. The van der Waals surface area contributed by atoms with Gasteiger partial charge in [-0.1, -0.05) is 53.5 Å². The molecule has 0 aliphatic heterocycles. The molecule has 1 amide bonds. The van der Waals surface area contributed by atoms with E-state index < -0.39 is 11.9 Å². The molecule has 0 spiro atoms. The number of carbonyl (C=O) groups is 2. The lowest BCUT2D eigenvalue weighted by Gasteiger charge is -2.06. The predicted octanol–water partition coefficient (Wildman–Crippen LogP) is 6.42. The van der Waals surface area contributed by atoms with Gasteiger partial charge in [0, 0.05) is 16.3 Å². The van der Waals surface area contributed by atoms with Gasteiger partial charge in [-0.2, -0.15) is 5.10 Å².